The highest BCUT2D eigenvalue weighted by Crippen LogP contribution is 2.24. The summed E-state index contributed by atoms with van der Waals surface area (Å²) in [5.41, 5.74) is 1.66. The summed E-state index contributed by atoms with van der Waals surface area (Å²) < 4.78 is 0. The molecule has 0 radical (unpaired) electrons. The van der Waals surface area contributed by atoms with E-state index in [1.54, 1.807) is 6.07 Å². The van der Waals surface area contributed by atoms with Crippen molar-refractivity contribution >= 4 is 17.3 Å². The normalized spacial score (nSPS) is 17.6. The van der Waals surface area contributed by atoms with Gasteiger partial charge in [-0.25, -0.2) is 0 Å². The highest BCUT2D eigenvalue weighted by Gasteiger charge is 2.13. The number of halogens is 1. The van der Waals surface area contributed by atoms with Crippen LogP contribution in [0.5, 0.6) is 0 Å². The molecule has 90 valence electrons. The van der Waals surface area contributed by atoms with Gasteiger partial charge in [0.1, 0.15) is 6.07 Å². The summed E-state index contributed by atoms with van der Waals surface area (Å²) in [6.07, 6.45) is 1.16. The van der Waals surface area contributed by atoms with Gasteiger partial charge < -0.3 is 9.80 Å². The van der Waals surface area contributed by atoms with Crippen LogP contribution in [0, 0.1) is 11.3 Å². The lowest BCUT2D eigenvalue weighted by Crippen LogP contribution is -2.28. The molecular formula is C13H16ClN3. The average Bonchev–Trinajstić information content (AvgIpc) is 2.54. The van der Waals surface area contributed by atoms with Crippen LogP contribution in [0.4, 0.5) is 5.69 Å². The summed E-state index contributed by atoms with van der Waals surface area (Å²) in [4.78, 5) is 4.67. The fraction of sp³-hybridized carbons (Fsp3) is 0.462. The van der Waals surface area contributed by atoms with E-state index in [4.69, 9.17) is 16.9 Å². The molecule has 1 fully saturated rings. The van der Waals surface area contributed by atoms with E-state index in [0.29, 0.717) is 10.6 Å². The minimum absolute atomic E-state index is 0.544. The highest BCUT2D eigenvalue weighted by atomic mass is 35.5. The molecule has 0 amide bonds. The number of benzene rings is 1. The van der Waals surface area contributed by atoms with E-state index in [9.17, 15) is 0 Å². The molecule has 17 heavy (non-hydrogen) atoms. The molecule has 0 atom stereocenters. The Morgan fingerprint density at radius 1 is 1.24 bits per heavy atom. The second kappa shape index (κ2) is 5.39. The molecule has 2 rings (SSSR count). The smallest absolute Gasteiger partial charge is 0.101 e. The number of anilines is 1. The van der Waals surface area contributed by atoms with E-state index in [1.165, 1.54) is 0 Å². The van der Waals surface area contributed by atoms with Gasteiger partial charge in [-0.15, -0.1) is 0 Å². The van der Waals surface area contributed by atoms with Crippen molar-refractivity contribution in [2.75, 3.05) is 38.1 Å². The standard InChI is InChI=1S/C13H16ClN3/c1-16-5-2-6-17(8-7-16)12-4-3-11(10-15)13(14)9-12/h3-4,9H,2,5-8H2,1H3. The van der Waals surface area contributed by atoms with Gasteiger partial charge in [0.25, 0.3) is 0 Å². The zero-order chi connectivity index (χ0) is 12.3. The second-order valence-electron chi connectivity index (χ2n) is 4.42. The predicted molar refractivity (Wildman–Crippen MR) is 70.5 cm³/mol. The van der Waals surface area contributed by atoms with E-state index < -0.39 is 0 Å². The van der Waals surface area contributed by atoms with Crippen LogP contribution in [0.25, 0.3) is 0 Å². The van der Waals surface area contributed by atoms with E-state index >= 15 is 0 Å². The highest BCUT2D eigenvalue weighted by molar-refractivity contribution is 6.32. The first kappa shape index (κ1) is 12.2. The topological polar surface area (TPSA) is 30.3 Å². The predicted octanol–water partition coefficient (Wildman–Crippen LogP) is 2.35. The number of likely N-dealkylation sites (N-methyl/N-ethyl adjacent to an activating group) is 1. The molecule has 1 aromatic rings. The molecular weight excluding hydrogens is 234 g/mol. The maximum absolute atomic E-state index is 8.84. The van der Waals surface area contributed by atoms with Crippen LogP contribution in [0.15, 0.2) is 18.2 Å². The summed E-state index contributed by atoms with van der Waals surface area (Å²) in [6.45, 7) is 4.27. The van der Waals surface area contributed by atoms with Gasteiger partial charge in [-0.1, -0.05) is 11.6 Å². The van der Waals surface area contributed by atoms with Crippen molar-refractivity contribution in [2.45, 2.75) is 6.42 Å². The van der Waals surface area contributed by atoms with Crippen molar-refractivity contribution in [3.63, 3.8) is 0 Å². The van der Waals surface area contributed by atoms with Gasteiger partial charge in [0.15, 0.2) is 0 Å². The molecule has 0 aromatic heterocycles. The van der Waals surface area contributed by atoms with Crippen molar-refractivity contribution in [3.8, 4) is 6.07 Å². The Hall–Kier alpha value is -1.24. The summed E-state index contributed by atoms with van der Waals surface area (Å²) in [7, 11) is 2.15. The van der Waals surface area contributed by atoms with Crippen LogP contribution in [0.2, 0.25) is 5.02 Å². The quantitative estimate of drug-likeness (QED) is 0.766. The van der Waals surface area contributed by atoms with Crippen LogP contribution >= 0.6 is 11.6 Å². The van der Waals surface area contributed by atoms with E-state index in [0.717, 1.165) is 38.3 Å². The first-order valence-corrected chi connectivity index (χ1v) is 6.21. The van der Waals surface area contributed by atoms with Crippen LogP contribution in [-0.2, 0) is 0 Å². The van der Waals surface area contributed by atoms with E-state index in [2.05, 4.69) is 22.9 Å². The minimum Gasteiger partial charge on any atom is -0.370 e. The summed E-state index contributed by atoms with van der Waals surface area (Å²) in [5.74, 6) is 0. The molecule has 3 nitrogen and oxygen atoms in total. The van der Waals surface area contributed by atoms with E-state index in [-0.39, 0.29) is 0 Å². The van der Waals surface area contributed by atoms with Crippen molar-refractivity contribution in [1.29, 1.82) is 5.26 Å². The third-order valence-electron chi connectivity index (χ3n) is 3.16. The first-order valence-electron chi connectivity index (χ1n) is 5.84. The van der Waals surface area contributed by atoms with Crippen LogP contribution in [-0.4, -0.2) is 38.1 Å². The number of nitriles is 1. The molecule has 1 saturated heterocycles. The zero-order valence-electron chi connectivity index (χ0n) is 9.99. The van der Waals surface area contributed by atoms with Gasteiger partial charge in [0.05, 0.1) is 10.6 Å². The molecule has 0 unspecified atom stereocenters. The third-order valence-corrected chi connectivity index (χ3v) is 3.47. The minimum atomic E-state index is 0.544. The Balaban J connectivity index is 2.17. The average molecular weight is 250 g/mol. The van der Waals surface area contributed by atoms with Gasteiger partial charge in [0.2, 0.25) is 0 Å². The van der Waals surface area contributed by atoms with Crippen LogP contribution in [0.1, 0.15) is 12.0 Å². The zero-order valence-corrected chi connectivity index (χ0v) is 10.7. The monoisotopic (exact) mass is 249 g/mol. The molecule has 0 bridgehead atoms. The van der Waals surface area contributed by atoms with E-state index in [1.807, 2.05) is 12.1 Å². The molecule has 1 aliphatic rings. The molecule has 1 heterocycles. The molecule has 0 spiro atoms. The molecule has 0 N–H and O–H groups in total. The maximum atomic E-state index is 8.84. The fourth-order valence-corrected chi connectivity index (χ4v) is 2.31. The Kier molecular flexibility index (Phi) is 3.88. The van der Waals surface area contributed by atoms with Gasteiger partial charge >= 0.3 is 0 Å². The van der Waals surface area contributed by atoms with Crippen molar-refractivity contribution in [3.05, 3.63) is 28.8 Å². The lowest BCUT2D eigenvalue weighted by molar-refractivity contribution is 0.360. The molecule has 0 aliphatic carbocycles. The van der Waals surface area contributed by atoms with Crippen molar-refractivity contribution < 1.29 is 0 Å². The van der Waals surface area contributed by atoms with Crippen molar-refractivity contribution in [2.24, 2.45) is 0 Å². The summed E-state index contributed by atoms with van der Waals surface area (Å²) in [6, 6.07) is 7.76. The largest absolute Gasteiger partial charge is 0.370 e. The SMILES string of the molecule is CN1CCCN(c2ccc(C#N)c(Cl)c2)CC1. The first-order chi connectivity index (χ1) is 8.20. The summed E-state index contributed by atoms with van der Waals surface area (Å²) in [5, 5.41) is 9.39. The lowest BCUT2D eigenvalue weighted by atomic mass is 10.2. The van der Waals surface area contributed by atoms with Gasteiger partial charge in [-0.05, 0) is 38.2 Å². The summed E-state index contributed by atoms with van der Waals surface area (Å²) >= 11 is 6.06. The lowest BCUT2D eigenvalue weighted by Gasteiger charge is -2.23. The molecule has 1 aromatic carbocycles. The number of hydrogen-bond acceptors (Lipinski definition) is 3. The number of nitrogens with zero attached hydrogens (tertiary/aromatic N) is 3. The van der Waals surface area contributed by atoms with Gasteiger partial charge in [0, 0.05) is 25.3 Å². The number of hydrogen-bond donors (Lipinski definition) is 0. The Morgan fingerprint density at radius 2 is 2.06 bits per heavy atom. The maximum Gasteiger partial charge on any atom is 0.101 e. The fourth-order valence-electron chi connectivity index (χ4n) is 2.10. The molecule has 0 saturated carbocycles. The Bertz CT molecular complexity index is 439. The Morgan fingerprint density at radius 3 is 2.76 bits per heavy atom. The van der Waals surface area contributed by atoms with Crippen LogP contribution < -0.4 is 4.90 Å². The number of rotatable bonds is 1. The third kappa shape index (κ3) is 2.91. The van der Waals surface area contributed by atoms with Crippen molar-refractivity contribution in [1.82, 2.24) is 4.90 Å². The molecule has 4 heteroatoms. The van der Waals surface area contributed by atoms with Crippen LogP contribution in [0.3, 0.4) is 0 Å². The molecule has 1 aliphatic heterocycles. The van der Waals surface area contributed by atoms with Gasteiger partial charge in [-0.2, -0.15) is 5.26 Å². The van der Waals surface area contributed by atoms with Gasteiger partial charge in [-0.3, -0.25) is 0 Å². The Labute approximate surface area is 107 Å². The second-order valence-corrected chi connectivity index (χ2v) is 4.83.